The van der Waals surface area contributed by atoms with Crippen LogP contribution in [0.1, 0.15) is 12.0 Å². The fraction of sp³-hybridized carbons (Fsp3) is 0.316. The zero-order valence-corrected chi connectivity index (χ0v) is 16.0. The van der Waals surface area contributed by atoms with Gasteiger partial charge >= 0.3 is 6.03 Å². The topological polar surface area (TPSA) is 78.5 Å². The Morgan fingerprint density at radius 2 is 1.96 bits per heavy atom. The normalized spacial score (nSPS) is 17.0. The van der Waals surface area contributed by atoms with Crippen LogP contribution in [0, 0.1) is 12.7 Å². The summed E-state index contributed by atoms with van der Waals surface area (Å²) in [4.78, 5) is 14.3. The summed E-state index contributed by atoms with van der Waals surface area (Å²) >= 11 is 0. The van der Waals surface area contributed by atoms with Crippen LogP contribution >= 0.6 is 0 Å². The number of aryl methyl sites for hydroxylation is 1. The number of amides is 2. The number of halogens is 1. The molecule has 6 nitrogen and oxygen atoms in total. The molecule has 2 aromatic carbocycles. The minimum Gasteiger partial charge on any atom is -0.367 e. The van der Waals surface area contributed by atoms with E-state index in [1.165, 1.54) is 12.1 Å². The summed E-state index contributed by atoms with van der Waals surface area (Å²) in [6, 6.07) is 10.8. The maximum atomic E-state index is 13.9. The largest absolute Gasteiger partial charge is 0.367 e. The number of hydrogen-bond acceptors (Lipinski definition) is 4. The first-order valence-corrected chi connectivity index (χ1v) is 10.5. The number of rotatable bonds is 4. The number of nitrogens with one attached hydrogen (secondary N) is 2. The molecule has 144 valence electrons. The van der Waals surface area contributed by atoms with Crippen LogP contribution in [0.15, 0.2) is 47.4 Å². The SMILES string of the molecule is Cc1ccc(NC(=O)NC2CCN(c3ccccc3F)C2)cc1S(C)(=O)=O. The lowest BCUT2D eigenvalue weighted by atomic mass is 10.2. The number of carbonyl (C=O) groups excluding carboxylic acids is 1. The minimum atomic E-state index is -3.37. The van der Waals surface area contributed by atoms with Gasteiger partial charge in [-0.3, -0.25) is 0 Å². The number of urea groups is 1. The first-order chi connectivity index (χ1) is 12.7. The van der Waals surface area contributed by atoms with Crippen LogP contribution in [0.3, 0.4) is 0 Å². The second-order valence-electron chi connectivity index (χ2n) is 6.73. The van der Waals surface area contributed by atoms with Gasteiger partial charge in [0.25, 0.3) is 0 Å². The molecule has 1 unspecified atom stereocenters. The Morgan fingerprint density at radius 1 is 1.22 bits per heavy atom. The fourth-order valence-corrected chi connectivity index (χ4v) is 4.23. The van der Waals surface area contributed by atoms with Crippen LogP contribution < -0.4 is 15.5 Å². The summed E-state index contributed by atoms with van der Waals surface area (Å²) in [5.41, 5.74) is 1.56. The van der Waals surface area contributed by atoms with Crippen LogP contribution in [-0.4, -0.2) is 39.8 Å². The van der Waals surface area contributed by atoms with E-state index in [2.05, 4.69) is 10.6 Å². The molecule has 0 aromatic heterocycles. The fourth-order valence-electron chi connectivity index (χ4n) is 3.23. The van der Waals surface area contributed by atoms with E-state index in [1.54, 1.807) is 37.3 Å². The maximum Gasteiger partial charge on any atom is 0.319 e. The van der Waals surface area contributed by atoms with Gasteiger partial charge in [0, 0.05) is 31.1 Å². The zero-order chi connectivity index (χ0) is 19.6. The Bertz CT molecular complexity index is 962. The molecule has 0 bridgehead atoms. The van der Waals surface area contributed by atoms with E-state index in [-0.39, 0.29) is 16.8 Å². The monoisotopic (exact) mass is 391 g/mol. The molecular formula is C19H22FN3O3S. The van der Waals surface area contributed by atoms with E-state index in [1.807, 2.05) is 4.90 Å². The van der Waals surface area contributed by atoms with Gasteiger partial charge in [0.15, 0.2) is 9.84 Å². The highest BCUT2D eigenvalue weighted by atomic mass is 32.2. The molecular weight excluding hydrogens is 369 g/mol. The number of hydrogen-bond donors (Lipinski definition) is 2. The first kappa shape index (κ1) is 19.2. The van der Waals surface area contributed by atoms with Crippen LogP contribution in [0.5, 0.6) is 0 Å². The minimum absolute atomic E-state index is 0.121. The van der Waals surface area contributed by atoms with Crippen molar-refractivity contribution in [2.24, 2.45) is 0 Å². The molecule has 27 heavy (non-hydrogen) atoms. The lowest BCUT2D eigenvalue weighted by molar-refractivity contribution is 0.249. The van der Waals surface area contributed by atoms with Gasteiger partial charge in [-0.1, -0.05) is 18.2 Å². The van der Waals surface area contributed by atoms with Gasteiger partial charge in [0.05, 0.1) is 10.6 Å². The average molecular weight is 391 g/mol. The second-order valence-corrected chi connectivity index (χ2v) is 8.72. The van der Waals surface area contributed by atoms with Crippen molar-refractivity contribution in [1.29, 1.82) is 0 Å². The Kier molecular flexibility index (Phi) is 5.36. The highest BCUT2D eigenvalue weighted by Crippen LogP contribution is 2.24. The van der Waals surface area contributed by atoms with Gasteiger partial charge in [-0.25, -0.2) is 17.6 Å². The lowest BCUT2D eigenvalue weighted by Gasteiger charge is -2.19. The highest BCUT2D eigenvalue weighted by molar-refractivity contribution is 7.90. The Morgan fingerprint density at radius 3 is 2.67 bits per heavy atom. The van der Waals surface area contributed by atoms with Gasteiger partial charge in [-0.15, -0.1) is 0 Å². The van der Waals surface area contributed by atoms with E-state index >= 15 is 0 Å². The molecule has 2 N–H and O–H groups in total. The summed E-state index contributed by atoms with van der Waals surface area (Å²) in [5.74, 6) is -0.282. The van der Waals surface area contributed by atoms with Crippen LogP contribution in [-0.2, 0) is 9.84 Å². The van der Waals surface area contributed by atoms with Crippen molar-refractivity contribution in [2.45, 2.75) is 24.3 Å². The third-order valence-electron chi connectivity index (χ3n) is 4.56. The van der Waals surface area contributed by atoms with Crippen molar-refractivity contribution in [1.82, 2.24) is 5.32 Å². The number of para-hydroxylation sites is 1. The summed E-state index contributed by atoms with van der Waals surface area (Å²) in [6.07, 6.45) is 1.83. The molecule has 1 aliphatic rings. The number of sulfone groups is 1. The molecule has 1 heterocycles. The molecule has 2 aromatic rings. The molecule has 1 atom stereocenters. The zero-order valence-electron chi connectivity index (χ0n) is 15.2. The standard InChI is InChI=1S/C19H22FN3O3S/c1-13-7-8-14(11-18(13)27(2,25)26)21-19(24)22-15-9-10-23(12-15)17-6-4-3-5-16(17)20/h3-8,11,15H,9-10,12H2,1-2H3,(H2,21,22,24). The van der Waals surface area contributed by atoms with E-state index in [0.29, 0.717) is 36.4 Å². The summed E-state index contributed by atoms with van der Waals surface area (Å²) in [5, 5.41) is 5.52. The summed E-state index contributed by atoms with van der Waals surface area (Å²) < 4.78 is 37.5. The molecule has 8 heteroatoms. The third kappa shape index (κ3) is 4.57. The molecule has 3 rings (SSSR count). The molecule has 0 saturated carbocycles. The van der Waals surface area contributed by atoms with Crippen LogP contribution in [0.25, 0.3) is 0 Å². The molecule has 1 aliphatic heterocycles. The second kappa shape index (κ2) is 7.56. The van der Waals surface area contributed by atoms with E-state index in [4.69, 9.17) is 0 Å². The van der Waals surface area contributed by atoms with Gasteiger partial charge in [0.1, 0.15) is 5.82 Å². The number of benzene rings is 2. The van der Waals surface area contributed by atoms with Gasteiger partial charge < -0.3 is 15.5 Å². The quantitative estimate of drug-likeness (QED) is 0.840. The van der Waals surface area contributed by atoms with Crippen molar-refractivity contribution in [3.8, 4) is 0 Å². The Balaban J connectivity index is 1.62. The Hall–Kier alpha value is -2.61. The molecule has 1 fully saturated rings. The van der Waals surface area contributed by atoms with Crippen LogP contribution in [0.4, 0.5) is 20.6 Å². The first-order valence-electron chi connectivity index (χ1n) is 8.62. The number of carbonyl (C=O) groups is 1. The molecule has 2 amide bonds. The van der Waals surface area contributed by atoms with Crippen molar-refractivity contribution in [3.63, 3.8) is 0 Å². The van der Waals surface area contributed by atoms with Gasteiger partial charge in [-0.2, -0.15) is 0 Å². The van der Waals surface area contributed by atoms with Crippen LogP contribution in [0.2, 0.25) is 0 Å². The van der Waals surface area contributed by atoms with E-state index in [0.717, 1.165) is 6.26 Å². The van der Waals surface area contributed by atoms with Gasteiger partial charge in [-0.05, 0) is 43.2 Å². The van der Waals surface area contributed by atoms with Crippen molar-refractivity contribution >= 4 is 27.2 Å². The summed E-state index contributed by atoms with van der Waals surface area (Å²) in [6.45, 7) is 2.86. The third-order valence-corrected chi connectivity index (χ3v) is 5.80. The molecule has 0 spiro atoms. The predicted molar refractivity (Wildman–Crippen MR) is 103 cm³/mol. The maximum absolute atomic E-state index is 13.9. The van der Waals surface area contributed by atoms with Crippen molar-refractivity contribution in [2.75, 3.05) is 29.6 Å². The molecule has 1 saturated heterocycles. The highest BCUT2D eigenvalue weighted by Gasteiger charge is 2.25. The number of anilines is 2. The molecule has 0 aliphatic carbocycles. The van der Waals surface area contributed by atoms with Crippen molar-refractivity contribution < 1.29 is 17.6 Å². The smallest absolute Gasteiger partial charge is 0.319 e. The predicted octanol–water partition coefficient (Wildman–Crippen LogP) is 2.94. The van der Waals surface area contributed by atoms with E-state index in [9.17, 15) is 17.6 Å². The van der Waals surface area contributed by atoms with Gasteiger partial charge in [0.2, 0.25) is 0 Å². The average Bonchev–Trinajstić information content (AvgIpc) is 3.04. The van der Waals surface area contributed by atoms with E-state index < -0.39 is 15.9 Å². The lowest BCUT2D eigenvalue weighted by Crippen LogP contribution is -2.39. The summed E-state index contributed by atoms with van der Waals surface area (Å²) in [7, 11) is -3.37. The molecule has 0 radical (unpaired) electrons. The Labute approximate surface area is 158 Å². The number of nitrogens with zero attached hydrogens (tertiary/aromatic N) is 1. The van der Waals surface area contributed by atoms with Crippen molar-refractivity contribution in [3.05, 3.63) is 53.8 Å².